The summed E-state index contributed by atoms with van der Waals surface area (Å²) in [6, 6.07) is 12.3. The second-order valence-electron chi connectivity index (χ2n) is 5.54. The average molecular weight is 415 g/mol. The third kappa shape index (κ3) is 4.18. The largest absolute Gasteiger partial charge is 0.497 e. The summed E-state index contributed by atoms with van der Waals surface area (Å²) in [5.41, 5.74) is 2.98. The number of carbonyl (C=O) groups is 2. The molecular weight excluding hydrogens is 402 g/mol. The van der Waals surface area contributed by atoms with Crippen molar-refractivity contribution in [3.63, 3.8) is 0 Å². The van der Waals surface area contributed by atoms with Gasteiger partial charge in [-0.2, -0.15) is 5.01 Å². The zero-order valence-electron chi connectivity index (χ0n) is 14.4. The molecule has 1 aliphatic heterocycles. The molecule has 142 valence electrons. The molecule has 2 aromatic carbocycles. The zero-order valence-corrected chi connectivity index (χ0v) is 16.1. The van der Waals surface area contributed by atoms with E-state index in [0.29, 0.717) is 10.7 Å². The number of hydrogen-bond acceptors (Lipinski definition) is 7. The second kappa shape index (κ2) is 8.19. The first-order valence-electron chi connectivity index (χ1n) is 7.86. The molecule has 2 aromatic rings. The number of ether oxygens (including phenoxy) is 1. The van der Waals surface area contributed by atoms with E-state index in [1.54, 1.807) is 37.5 Å². The van der Waals surface area contributed by atoms with E-state index in [0.717, 1.165) is 28.4 Å². The Hall–Kier alpha value is -3.24. The minimum Gasteiger partial charge on any atom is -0.497 e. The van der Waals surface area contributed by atoms with Crippen molar-refractivity contribution in [2.45, 2.75) is 0 Å². The highest BCUT2D eigenvalue weighted by atomic mass is 32.2. The lowest BCUT2D eigenvalue weighted by Gasteiger charge is -2.15. The van der Waals surface area contributed by atoms with E-state index in [4.69, 9.17) is 17.0 Å². The number of methoxy groups -OCH3 is 1. The highest BCUT2D eigenvalue weighted by molar-refractivity contribution is 8.26. The maximum atomic E-state index is 12.6. The number of thiocarbonyl (C=S) groups is 1. The van der Waals surface area contributed by atoms with Crippen LogP contribution >= 0.6 is 24.0 Å². The number of carbonyl (C=O) groups excluding carboxylic acids is 2. The highest BCUT2D eigenvalue weighted by Crippen LogP contribution is 2.31. The lowest BCUT2D eigenvalue weighted by atomic mass is 10.2. The van der Waals surface area contributed by atoms with Crippen LogP contribution in [0.15, 0.2) is 53.4 Å². The molecule has 0 spiro atoms. The fourth-order valence-electron chi connectivity index (χ4n) is 2.34. The SMILES string of the molecule is COc1ccc(C=C2SC(=S)N(NC(=O)c3cccc([N+](=O)[O-])c3)C2=O)cc1. The van der Waals surface area contributed by atoms with Gasteiger partial charge < -0.3 is 4.74 Å². The second-order valence-corrected chi connectivity index (χ2v) is 7.21. The summed E-state index contributed by atoms with van der Waals surface area (Å²) < 4.78 is 5.25. The Kier molecular flexibility index (Phi) is 5.71. The highest BCUT2D eigenvalue weighted by Gasteiger charge is 2.33. The van der Waals surface area contributed by atoms with E-state index in [-0.39, 0.29) is 15.6 Å². The van der Waals surface area contributed by atoms with E-state index in [9.17, 15) is 19.7 Å². The molecule has 3 rings (SSSR count). The molecular formula is C18H13N3O5S2. The lowest BCUT2D eigenvalue weighted by molar-refractivity contribution is -0.384. The number of nitro benzene ring substituents is 1. The summed E-state index contributed by atoms with van der Waals surface area (Å²) in [5.74, 6) is -0.468. The first kappa shape index (κ1) is 19.5. The topological polar surface area (TPSA) is 102 Å². The predicted molar refractivity (Wildman–Crippen MR) is 109 cm³/mol. The van der Waals surface area contributed by atoms with E-state index < -0.39 is 16.7 Å². The molecule has 10 heteroatoms. The summed E-state index contributed by atoms with van der Waals surface area (Å²) in [5, 5.41) is 11.8. The van der Waals surface area contributed by atoms with Crippen LogP contribution in [0.3, 0.4) is 0 Å². The number of hydrazine groups is 1. The van der Waals surface area contributed by atoms with Gasteiger partial charge in [-0.25, -0.2) is 0 Å². The first-order valence-corrected chi connectivity index (χ1v) is 9.09. The molecule has 8 nitrogen and oxygen atoms in total. The summed E-state index contributed by atoms with van der Waals surface area (Å²) in [6.45, 7) is 0. The number of rotatable bonds is 5. The molecule has 0 bridgehead atoms. The Bertz CT molecular complexity index is 1000. The summed E-state index contributed by atoms with van der Waals surface area (Å²) in [7, 11) is 1.56. The Morgan fingerprint density at radius 2 is 2.00 bits per heavy atom. The molecule has 1 saturated heterocycles. The van der Waals surface area contributed by atoms with Gasteiger partial charge in [0.15, 0.2) is 4.32 Å². The number of nitrogens with zero attached hydrogens (tertiary/aromatic N) is 2. The van der Waals surface area contributed by atoms with Gasteiger partial charge in [-0.3, -0.25) is 25.1 Å². The molecule has 1 aliphatic rings. The minimum absolute atomic E-state index is 0.0439. The maximum Gasteiger partial charge on any atom is 0.285 e. The average Bonchev–Trinajstić information content (AvgIpc) is 2.96. The molecule has 1 N–H and O–H groups in total. The minimum atomic E-state index is -0.675. The van der Waals surface area contributed by atoms with Gasteiger partial charge in [0.05, 0.1) is 16.9 Å². The van der Waals surface area contributed by atoms with Crippen LogP contribution in [0.4, 0.5) is 5.69 Å². The summed E-state index contributed by atoms with van der Waals surface area (Å²) in [6.07, 6.45) is 1.65. The van der Waals surface area contributed by atoms with Crippen molar-refractivity contribution in [2.24, 2.45) is 0 Å². The van der Waals surface area contributed by atoms with Crippen molar-refractivity contribution in [1.29, 1.82) is 0 Å². The summed E-state index contributed by atoms with van der Waals surface area (Å²) in [4.78, 5) is 35.5. The van der Waals surface area contributed by atoms with Crippen LogP contribution in [0.1, 0.15) is 15.9 Å². The standard InChI is InChI=1S/C18H13N3O5S2/c1-26-14-7-5-11(6-8-14)9-15-17(23)20(18(27)28-15)19-16(22)12-3-2-4-13(10-12)21(24)25/h2-10H,1H3,(H,19,22). The molecule has 0 radical (unpaired) electrons. The number of hydrogen-bond donors (Lipinski definition) is 1. The van der Waals surface area contributed by atoms with E-state index in [1.165, 1.54) is 18.2 Å². The van der Waals surface area contributed by atoms with Gasteiger partial charge in [-0.1, -0.05) is 30.0 Å². The van der Waals surface area contributed by atoms with Gasteiger partial charge in [0, 0.05) is 17.7 Å². The van der Waals surface area contributed by atoms with Crippen molar-refractivity contribution in [1.82, 2.24) is 10.4 Å². The Morgan fingerprint density at radius 3 is 2.64 bits per heavy atom. The smallest absolute Gasteiger partial charge is 0.285 e. The van der Waals surface area contributed by atoms with E-state index >= 15 is 0 Å². The van der Waals surface area contributed by atoms with Crippen molar-refractivity contribution < 1.29 is 19.2 Å². The van der Waals surface area contributed by atoms with E-state index in [1.807, 2.05) is 0 Å². The molecule has 1 heterocycles. The zero-order chi connectivity index (χ0) is 20.3. The van der Waals surface area contributed by atoms with Crippen LogP contribution in [0.25, 0.3) is 6.08 Å². The quantitative estimate of drug-likeness (QED) is 0.346. The number of non-ortho nitro benzene ring substituents is 1. The van der Waals surface area contributed by atoms with Crippen molar-refractivity contribution in [3.8, 4) is 5.75 Å². The first-order chi connectivity index (χ1) is 13.4. The molecule has 0 saturated carbocycles. The Morgan fingerprint density at radius 1 is 1.29 bits per heavy atom. The molecule has 2 amide bonds. The van der Waals surface area contributed by atoms with Crippen LogP contribution < -0.4 is 10.2 Å². The third-order valence-corrected chi connectivity index (χ3v) is 5.04. The molecule has 0 unspecified atom stereocenters. The van der Waals surface area contributed by atoms with Crippen molar-refractivity contribution in [2.75, 3.05) is 7.11 Å². The summed E-state index contributed by atoms with van der Waals surface area (Å²) >= 11 is 6.22. The Labute approximate surface area is 169 Å². The van der Waals surface area contributed by atoms with Gasteiger partial charge in [-0.15, -0.1) is 0 Å². The number of nitrogens with one attached hydrogen (secondary N) is 1. The molecule has 1 fully saturated rings. The van der Waals surface area contributed by atoms with Crippen molar-refractivity contribution in [3.05, 3.63) is 74.7 Å². The van der Waals surface area contributed by atoms with E-state index in [2.05, 4.69) is 5.43 Å². The molecule has 28 heavy (non-hydrogen) atoms. The van der Waals surface area contributed by atoms with Gasteiger partial charge in [-0.05, 0) is 42.1 Å². The normalized spacial score (nSPS) is 15.0. The predicted octanol–water partition coefficient (Wildman–Crippen LogP) is 3.15. The monoisotopic (exact) mass is 415 g/mol. The van der Waals surface area contributed by atoms with Gasteiger partial charge in [0.25, 0.3) is 17.5 Å². The van der Waals surface area contributed by atoms with Crippen LogP contribution in [-0.2, 0) is 4.79 Å². The van der Waals surface area contributed by atoms with Crippen molar-refractivity contribution >= 4 is 51.9 Å². The lowest BCUT2D eigenvalue weighted by Crippen LogP contribution is -2.44. The number of amides is 2. The van der Waals surface area contributed by atoms with Crippen LogP contribution in [-0.4, -0.2) is 33.2 Å². The Balaban J connectivity index is 1.76. The molecule has 0 atom stereocenters. The maximum absolute atomic E-state index is 12.6. The number of nitro groups is 1. The third-order valence-electron chi connectivity index (χ3n) is 3.74. The number of benzene rings is 2. The van der Waals surface area contributed by atoms with Gasteiger partial charge in [0.2, 0.25) is 0 Å². The van der Waals surface area contributed by atoms with Crippen LogP contribution in [0.2, 0.25) is 0 Å². The fraction of sp³-hybridized carbons (Fsp3) is 0.0556. The molecule has 0 aliphatic carbocycles. The van der Waals surface area contributed by atoms with Gasteiger partial charge >= 0.3 is 0 Å². The fourth-order valence-corrected chi connectivity index (χ4v) is 3.52. The van der Waals surface area contributed by atoms with Crippen LogP contribution in [0, 0.1) is 10.1 Å². The van der Waals surface area contributed by atoms with Gasteiger partial charge in [0.1, 0.15) is 5.75 Å². The molecule has 0 aromatic heterocycles. The number of thioether (sulfide) groups is 1. The van der Waals surface area contributed by atoms with Crippen LogP contribution in [0.5, 0.6) is 5.75 Å².